The zero-order valence-electron chi connectivity index (χ0n) is 11.5. The van der Waals surface area contributed by atoms with Crippen molar-refractivity contribution < 1.29 is 9.53 Å². The summed E-state index contributed by atoms with van der Waals surface area (Å²) in [7, 11) is 1.64. The van der Waals surface area contributed by atoms with Gasteiger partial charge in [0.2, 0.25) is 0 Å². The van der Waals surface area contributed by atoms with E-state index in [9.17, 15) is 4.79 Å². The topological polar surface area (TPSA) is 50.4 Å². The molecule has 0 aliphatic heterocycles. The number of carbonyl (C=O) groups excluding carboxylic acids is 1. The summed E-state index contributed by atoms with van der Waals surface area (Å²) < 4.78 is 6.10. The first-order valence-electron chi connectivity index (χ1n) is 6.51. The third-order valence-corrected chi connectivity index (χ3v) is 3.35. The highest BCUT2D eigenvalue weighted by Crippen LogP contribution is 2.25. The molecule has 1 aromatic carbocycles. The van der Waals surface area contributed by atoms with E-state index in [0.717, 1.165) is 41.6 Å². The fraction of sp³-hybridized carbons (Fsp3) is 0.500. The maximum Gasteiger partial charge on any atom is 0.314 e. The summed E-state index contributed by atoms with van der Waals surface area (Å²) in [4.78, 5) is 11.4. The molecule has 1 rings (SSSR count). The smallest absolute Gasteiger partial charge is 0.314 e. The van der Waals surface area contributed by atoms with Gasteiger partial charge in [0.05, 0.1) is 11.6 Å². The number of methoxy groups -OCH3 is 1. The van der Waals surface area contributed by atoms with Crippen LogP contribution in [0.3, 0.4) is 0 Å². The summed E-state index contributed by atoms with van der Waals surface area (Å²) in [5.74, 6) is 0.814. The molecule has 0 radical (unpaired) electrons. The van der Waals surface area contributed by atoms with E-state index >= 15 is 0 Å². The number of unbranched alkanes of at least 4 members (excludes halogenated alkanes) is 1. The molecule has 0 aliphatic carbocycles. The number of benzene rings is 1. The number of hydrogen-bond acceptors (Lipinski definition) is 2. The van der Waals surface area contributed by atoms with E-state index < -0.39 is 0 Å². The molecule has 0 saturated heterocycles. The van der Waals surface area contributed by atoms with E-state index in [2.05, 4.69) is 33.5 Å². The van der Waals surface area contributed by atoms with Crippen LogP contribution in [0.15, 0.2) is 22.7 Å². The van der Waals surface area contributed by atoms with Gasteiger partial charge in [-0.25, -0.2) is 4.79 Å². The molecule has 2 amide bonds. The van der Waals surface area contributed by atoms with Crippen molar-refractivity contribution in [1.82, 2.24) is 10.6 Å². The highest BCUT2D eigenvalue weighted by atomic mass is 79.9. The van der Waals surface area contributed by atoms with Gasteiger partial charge < -0.3 is 15.4 Å². The molecule has 0 atom stereocenters. The second-order valence-corrected chi connectivity index (χ2v) is 5.11. The number of amides is 2. The van der Waals surface area contributed by atoms with Gasteiger partial charge in [0.1, 0.15) is 5.75 Å². The second-order valence-electron chi connectivity index (χ2n) is 4.26. The first-order chi connectivity index (χ1) is 9.17. The van der Waals surface area contributed by atoms with Gasteiger partial charge in [-0.2, -0.15) is 0 Å². The van der Waals surface area contributed by atoms with Crippen LogP contribution in [-0.4, -0.2) is 26.2 Å². The van der Waals surface area contributed by atoms with Gasteiger partial charge in [-0.3, -0.25) is 0 Å². The molecule has 2 N–H and O–H groups in total. The zero-order valence-corrected chi connectivity index (χ0v) is 13.0. The van der Waals surface area contributed by atoms with Crippen LogP contribution in [0.5, 0.6) is 5.75 Å². The third kappa shape index (κ3) is 5.96. The number of ether oxygens (including phenoxy) is 1. The van der Waals surface area contributed by atoms with Gasteiger partial charge in [-0.15, -0.1) is 0 Å². The van der Waals surface area contributed by atoms with Crippen molar-refractivity contribution in [2.45, 2.75) is 26.2 Å². The average Bonchev–Trinajstić information content (AvgIpc) is 2.39. The van der Waals surface area contributed by atoms with E-state index in [1.54, 1.807) is 7.11 Å². The van der Waals surface area contributed by atoms with Crippen LogP contribution >= 0.6 is 15.9 Å². The van der Waals surface area contributed by atoms with Gasteiger partial charge in [0.25, 0.3) is 0 Å². The normalized spacial score (nSPS) is 10.1. The Labute approximate surface area is 123 Å². The molecular formula is C14H21BrN2O2. The lowest BCUT2D eigenvalue weighted by Crippen LogP contribution is -2.37. The standard InChI is InChI=1S/C14H21BrN2O2/c1-3-4-8-16-14(18)17-9-7-11-5-6-13(19-2)12(15)10-11/h5-6,10H,3-4,7-9H2,1-2H3,(H2,16,17,18). The molecule has 0 saturated carbocycles. The van der Waals surface area contributed by atoms with Crippen LogP contribution in [0.1, 0.15) is 25.3 Å². The number of hydrogen-bond donors (Lipinski definition) is 2. The fourth-order valence-electron chi connectivity index (χ4n) is 1.63. The molecule has 0 unspecified atom stereocenters. The molecule has 0 aliphatic rings. The van der Waals surface area contributed by atoms with Crippen molar-refractivity contribution in [2.24, 2.45) is 0 Å². The molecule has 4 nitrogen and oxygen atoms in total. The summed E-state index contributed by atoms with van der Waals surface area (Å²) in [5, 5.41) is 5.66. The predicted molar refractivity (Wildman–Crippen MR) is 80.7 cm³/mol. The number of urea groups is 1. The number of rotatable bonds is 7. The Morgan fingerprint density at radius 1 is 1.32 bits per heavy atom. The third-order valence-electron chi connectivity index (χ3n) is 2.73. The Hall–Kier alpha value is -1.23. The van der Waals surface area contributed by atoms with Crippen LogP contribution in [0.4, 0.5) is 4.79 Å². The highest BCUT2D eigenvalue weighted by Gasteiger charge is 2.02. The Morgan fingerprint density at radius 2 is 2.05 bits per heavy atom. The van der Waals surface area contributed by atoms with Gasteiger partial charge in [0.15, 0.2) is 0 Å². The summed E-state index contributed by atoms with van der Waals surface area (Å²) in [5.41, 5.74) is 1.15. The molecule has 0 fully saturated rings. The predicted octanol–water partition coefficient (Wildman–Crippen LogP) is 3.10. The Morgan fingerprint density at radius 3 is 2.68 bits per heavy atom. The van der Waals surface area contributed by atoms with Crippen molar-refractivity contribution in [3.05, 3.63) is 28.2 Å². The first-order valence-corrected chi connectivity index (χ1v) is 7.30. The van der Waals surface area contributed by atoms with Crippen LogP contribution in [0.2, 0.25) is 0 Å². The number of nitrogens with one attached hydrogen (secondary N) is 2. The minimum Gasteiger partial charge on any atom is -0.496 e. The van der Waals surface area contributed by atoms with Crippen molar-refractivity contribution >= 4 is 22.0 Å². The minimum atomic E-state index is -0.0963. The van der Waals surface area contributed by atoms with Gasteiger partial charge in [-0.1, -0.05) is 19.4 Å². The minimum absolute atomic E-state index is 0.0963. The lowest BCUT2D eigenvalue weighted by Gasteiger charge is -2.08. The van der Waals surface area contributed by atoms with Crippen LogP contribution in [-0.2, 0) is 6.42 Å². The molecule has 0 heterocycles. The van der Waals surface area contributed by atoms with Crippen LogP contribution < -0.4 is 15.4 Å². The second kappa shape index (κ2) is 8.80. The molecule has 5 heteroatoms. The van der Waals surface area contributed by atoms with Gasteiger partial charge in [-0.05, 0) is 46.5 Å². The summed E-state index contributed by atoms with van der Waals surface area (Å²) >= 11 is 3.45. The molecule has 1 aromatic rings. The Balaban J connectivity index is 2.29. The Bertz CT molecular complexity index is 410. The largest absolute Gasteiger partial charge is 0.496 e. The maximum atomic E-state index is 11.4. The van der Waals surface area contributed by atoms with Crippen molar-refractivity contribution in [3.63, 3.8) is 0 Å². The molecule has 106 valence electrons. The van der Waals surface area contributed by atoms with Crippen LogP contribution in [0, 0.1) is 0 Å². The SMILES string of the molecule is CCCCNC(=O)NCCc1ccc(OC)c(Br)c1. The van der Waals surface area contributed by atoms with E-state index in [0.29, 0.717) is 6.54 Å². The summed E-state index contributed by atoms with van der Waals surface area (Å²) in [6.45, 7) is 3.45. The molecule has 0 bridgehead atoms. The van der Waals surface area contributed by atoms with E-state index in [1.807, 2.05) is 18.2 Å². The lowest BCUT2D eigenvalue weighted by molar-refractivity contribution is 0.241. The monoisotopic (exact) mass is 328 g/mol. The molecule has 19 heavy (non-hydrogen) atoms. The zero-order chi connectivity index (χ0) is 14.1. The maximum absolute atomic E-state index is 11.4. The summed E-state index contributed by atoms with van der Waals surface area (Å²) in [6.07, 6.45) is 2.89. The molecule has 0 spiro atoms. The van der Waals surface area contributed by atoms with Crippen LogP contribution in [0.25, 0.3) is 0 Å². The lowest BCUT2D eigenvalue weighted by atomic mass is 10.1. The molecular weight excluding hydrogens is 308 g/mol. The quantitative estimate of drug-likeness (QED) is 0.755. The summed E-state index contributed by atoms with van der Waals surface area (Å²) in [6, 6.07) is 5.83. The van der Waals surface area contributed by atoms with Gasteiger partial charge >= 0.3 is 6.03 Å². The van der Waals surface area contributed by atoms with Gasteiger partial charge in [0, 0.05) is 13.1 Å². The molecule has 0 aromatic heterocycles. The number of carbonyl (C=O) groups is 1. The average molecular weight is 329 g/mol. The van der Waals surface area contributed by atoms with Crippen molar-refractivity contribution in [3.8, 4) is 5.75 Å². The van der Waals surface area contributed by atoms with E-state index in [4.69, 9.17) is 4.74 Å². The van der Waals surface area contributed by atoms with Crippen molar-refractivity contribution in [1.29, 1.82) is 0 Å². The first kappa shape index (κ1) is 15.8. The number of halogens is 1. The fourth-order valence-corrected chi connectivity index (χ4v) is 2.22. The Kier molecular flexibility index (Phi) is 7.33. The van der Waals surface area contributed by atoms with E-state index in [1.165, 1.54) is 0 Å². The van der Waals surface area contributed by atoms with E-state index in [-0.39, 0.29) is 6.03 Å². The van der Waals surface area contributed by atoms with Crippen molar-refractivity contribution in [2.75, 3.05) is 20.2 Å². The highest BCUT2D eigenvalue weighted by molar-refractivity contribution is 9.10.